The molecule has 94 valence electrons. The van der Waals surface area contributed by atoms with Crippen molar-refractivity contribution >= 4 is 10.8 Å². The number of rotatable bonds is 3. The maximum Gasteiger partial charge on any atom is 0.115 e. The summed E-state index contributed by atoms with van der Waals surface area (Å²) in [5, 5.41) is 2.20. The summed E-state index contributed by atoms with van der Waals surface area (Å²) < 4.78 is 0. The highest BCUT2D eigenvalue weighted by atomic mass is 15.2. The summed E-state index contributed by atoms with van der Waals surface area (Å²) in [6.45, 7) is 0. The Bertz CT molecular complexity index is 678. The van der Waals surface area contributed by atoms with E-state index in [1.54, 1.807) is 12.4 Å². The van der Waals surface area contributed by atoms with Gasteiger partial charge in [-0.15, -0.1) is 0 Å². The molecular formula is C14H13N5. The van der Waals surface area contributed by atoms with Gasteiger partial charge in [0.05, 0.1) is 6.04 Å². The lowest BCUT2D eigenvalue weighted by Gasteiger charge is -2.17. The third-order valence-electron chi connectivity index (χ3n) is 3.09. The lowest BCUT2D eigenvalue weighted by atomic mass is 9.98. The van der Waals surface area contributed by atoms with E-state index in [2.05, 4.69) is 26.4 Å². The molecule has 0 saturated carbocycles. The Balaban J connectivity index is 2.17. The molecule has 0 aliphatic heterocycles. The molecule has 3 rings (SSSR count). The van der Waals surface area contributed by atoms with Gasteiger partial charge in [0.15, 0.2) is 0 Å². The van der Waals surface area contributed by atoms with Crippen LogP contribution in [0.3, 0.4) is 0 Å². The summed E-state index contributed by atoms with van der Waals surface area (Å²) >= 11 is 0. The zero-order chi connectivity index (χ0) is 13.1. The Labute approximate surface area is 110 Å². The molecule has 1 atom stereocenters. The van der Waals surface area contributed by atoms with Crippen LogP contribution in [0, 0.1) is 0 Å². The van der Waals surface area contributed by atoms with Crippen LogP contribution < -0.4 is 11.3 Å². The molecule has 0 aliphatic carbocycles. The number of pyridine rings is 1. The summed E-state index contributed by atoms with van der Waals surface area (Å²) in [7, 11) is 0. The van der Waals surface area contributed by atoms with Gasteiger partial charge in [0.25, 0.3) is 0 Å². The normalized spacial score (nSPS) is 12.5. The van der Waals surface area contributed by atoms with E-state index in [1.165, 1.54) is 6.33 Å². The number of nitrogens with one attached hydrogen (secondary N) is 1. The molecule has 5 heteroatoms. The predicted octanol–water partition coefficient (Wildman–Crippen LogP) is 1.58. The summed E-state index contributed by atoms with van der Waals surface area (Å²) in [6.07, 6.45) is 8.66. The fraction of sp³-hybridized carbons (Fsp3) is 0.0714. The summed E-state index contributed by atoms with van der Waals surface area (Å²) in [5.74, 6) is 5.69. The van der Waals surface area contributed by atoms with Crippen LogP contribution in [0.4, 0.5) is 0 Å². The molecule has 1 aromatic carbocycles. The molecule has 3 aromatic rings. The van der Waals surface area contributed by atoms with Gasteiger partial charge in [0.1, 0.15) is 6.33 Å². The van der Waals surface area contributed by atoms with Crippen LogP contribution in [0.5, 0.6) is 0 Å². The fourth-order valence-corrected chi connectivity index (χ4v) is 2.20. The number of nitrogens with two attached hydrogens (primary N) is 1. The first-order valence-corrected chi connectivity index (χ1v) is 5.94. The van der Waals surface area contributed by atoms with Crippen LogP contribution in [0.15, 0.2) is 55.4 Å². The largest absolute Gasteiger partial charge is 0.271 e. The van der Waals surface area contributed by atoms with Gasteiger partial charge in [0.2, 0.25) is 0 Å². The van der Waals surface area contributed by atoms with Crippen molar-refractivity contribution in [3.8, 4) is 0 Å². The van der Waals surface area contributed by atoms with E-state index >= 15 is 0 Å². The van der Waals surface area contributed by atoms with E-state index in [0.29, 0.717) is 0 Å². The van der Waals surface area contributed by atoms with E-state index in [0.717, 1.165) is 21.9 Å². The zero-order valence-corrected chi connectivity index (χ0v) is 10.2. The molecule has 2 heterocycles. The van der Waals surface area contributed by atoms with Crippen molar-refractivity contribution in [2.45, 2.75) is 6.04 Å². The van der Waals surface area contributed by atoms with E-state index in [4.69, 9.17) is 5.84 Å². The first-order valence-electron chi connectivity index (χ1n) is 5.94. The van der Waals surface area contributed by atoms with Gasteiger partial charge in [-0.25, -0.2) is 15.4 Å². The van der Waals surface area contributed by atoms with E-state index in [1.807, 2.05) is 30.6 Å². The van der Waals surface area contributed by atoms with Crippen molar-refractivity contribution in [3.05, 3.63) is 66.5 Å². The third-order valence-corrected chi connectivity index (χ3v) is 3.09. The molecule has 0 amide bonds. The number of nitrogens with zero attached hydrogens (tertiary/aromatic N) is 3. The highest BCUT2D eigenvalue weighted by Gasteiger charge is 2.15. The molecule has 3 N–H and O–H groups in total. The summed E-state index contributed by atoms with van der Waals surface area (Å²) in [5.41, 5.74) is 4.72. The van der Waals surface area contributed by atoms with Gasteiger partial charge < -0.3 is 0 Å². The van der Waals surface area contributed by atoms with Crippen LogP contribution in [-0.4, -0.2) is 15.0 Å². The Morgan fingerprint density at radius 3 is 2.53 bits per heavy atom. The molecule has 0 radical (unpaired) electrons. The average Bonchev–Trinajstić information content (AvgIpc) is 2.49. The maximum atomic E-state index is 5.69. The van der Waals surface area contributed by atoms with Gasteiger partial charge in [-0.1, -0.05) is 24.3 Å². The molecule has 0 spiro atoms. The highest BCUT2D eigenvalue weighted by molar-refractivity contribution is 5.85. The lowest BCUT2D eigenvalue weighted by Crippen LogP contribution is -2.29. The second-order valence-corrected chi connectivity index (χ2v) is 4.22. The number of benzene rings is 1. The standard InChI is InChI=1S/C14H13N5/c15-19-14(11-6-17-9-18-7-11)13-8-16-5-10-3-1-2-4-12(10)13/h1-9,14,19H,15H2. The zero-order valence-electron chi connectivity index (χ0n) is 10.2. The minimum absolute atomic E-state index is 0.181. The van der Waals surface area contributed by atoms with Gasteiger partial charge in [-0.3, -0.25) is 10.8 Å². The van der Waals surface area contributed by atoms with Crippen LogP contribution in [0.1, 0.15) is 17.2 Å². The molecule has 5 nitrogen and oxygen atoms in total. The molecular weight excluding hydrogens is 238 g/mol. The van der Waals surface area contributed by atoms with Crippen molar-refractivity contribution in [1.82, 2.24) is 20.4 Å². The molecule has 0 bridgehead atoms. The molecule has 19 heavy (non-hydrogen) atoms. The van der Waals surface area contributed by atoms with Gasteiger partial charge >= 0.3 is 0 Å². The third kappa shape index (κ3) is 2.16. The average molecular weight is 251 g/mol. The topological polar surface area (TPSA) is 76.7 Å². The number of hydrazine groups is 1. The van der Waals surface area contributed by atoms with E-state index in [9.17, 15) is 0 Å². The lowest BCUT2D eigenvalue weighted by molar-refractivity contribution is 0.634. The Morgan fingerprint density at radius 1 is 0.947 bits per heavy atom. The summed E-state index contributed by atoms with van der Waals surface area (Å²) in [6, 6.07) is 7.90. The van der Waals surface area contributed by atoms with Gasteiger partial charge in [-0.2, -0.15) is 0 Å². The Hall–Kier alpha value is -2.37. The SMILES string of the molecule is NNC(c1cncnc1)c1cncc2ccccc12. The quantitative estimate of drug-likeness (QED) is 0.546. The molecule has 0 aliphatic rings. The highest BCUT2D eigenvalue weighted by Crippen LogP contribution is 2.26. The first kappa shape index (κ1) is 11.7. The number of fused-ring (bicyclic) bond motifs is 1. The summed E-state index contributed by atoms with van der Waals surface area (Å²) in [4.78, 5) is 12.3. The van der Waals surface area contributed by atoms with Gasteiger partial charge in [0, 0.05) is 41.3 Å². The number of aromatic nitrogens is 3. The monoisotopic (exact) mass is 251 g/mol. The fourth-order valence-electron chi connectivity index (χ4n) is 2.20. The van der Waals surface area contributed by atoms with Crippen LogP contribution in [0.25, 0.3) is 10.8 Å². The molecule has 1 unspecified atom stereocenters. The number of hydrogen-bond donors (Lipinski definition) is 2. The van der Waals surface area contributed by atoms with Crippen LogP contribution in [-0.2, 0) is 0 Å². The van der Waals surface area contributed by atoms with Gasteiger partial charge in [-0.05, 0) is 5.39 Å². The molecule has 0 fully saturated rings. The second kappa shape index (κ2) is 5.09. The smallest absolute Gasteiger partial charge is 0.115 e. The van der Waals surface area contributed by atoms with Crippen molar-refractivity contribution in [3.63, 3.8) is 0 Å². The predicted molar refractivity (Wildman–Crippen MR) is 72.9 cm³/mol. The van der Waals surface area contributed by atoms with Crippen molar-refractivity contribution in [1.29, 1.82) is 0 Å². The van der Waals surface area contributed by atoms with E-state index < -0.39 is 0 Å². The van der Waals surface area contributed by atoms with E-state index in [-0.39, 0.29) is 6.04 Å². The first-order chi connectivity index (χ1) is 9.40. The Kier molecular flexibility index (Phi) is 3.14. The minimum Gasteiger partial charge on any atom is -0.271 e. The van der Waals surface area contributed by atoms with Crippen LogP contribution in [0.2, 0.25) is 0 Å². The molecule has 2 aromatic heterocycles. The van der Waals surface area contributed by atoms with Crippen LogP contribution >= 0.6 is 0 Å². The molecule has 0 saturated heterocycles. The minimum atomic E-state index is -0.181. The van der Waals surface area contributed by atoms with Crippen molar-refractivity contribution in [2.24, 2.45) is 5.84 Å². The van der Waals surface area contributed by atoms with Crippen molar-refractivity contribution < 1.29 is 0 Å². The van der Waals surface area contributed by atoms with Crippen molar-refractivity contribution in [2.75, 3.05) is 0 Å². The second-order valence-electron chi connectivity index (χ2n) is 4.22. The maximum absolute atomic E-state index is 5.69. The Morgan fingerprint density at radius 2 is 1.74 bits per heavy atom. The number of hydrogen-bond acceptors (Lipinski definition) is 5.